The number of carbonyl (C=O) groups excluding carboxylic acids is 1. The molecule has 0 atom stereocenters. The van der Waals surface area contributed by atoms with Crippen molar-refractivity contribution in [3.63, 3.8) is 0 Å². The molecule has 8 heteroatoms. The first-order valence-electron chi connectivity index (χ1n) is 9.43. The second kappa shape index (κ2) is 9.43. The van der Waals surface area contributed by atoms with Gasteiger partial charge < -0.3 is 14.5 Å². The molecule has 156 valence electrons. The molecule has 0 saturated carbocycles. The molecule has 0 aliphatic carbocycles. The highest BCUT2D eigenvalue weighted by Crippen LogP contribution is 2.32. The van der Waals surface area contributed by atoms with Gasteiger partial charge in [-0.2, -0.15) is 13.2 Å². The van der Waals surface area contributed by atoms with Crippen LogP contribution in [0, 0.1) is 0 Å². The molecule has 4 nitrogen and oxygen atoms in total. The van der Waals surface area contributed by atoms with E-state index in [-0.39, 0.29) is 11.7 Å². The molecule has 1 aliphatic rings. The first kappa shape index (κ1) is 21.4. The van der Waals surface area contributed by atoms with Gasteiger partial charge >= 0.3 is 6.18 Å². The van der Waals surface area contributed by atoms with E-state index in [9.17, 15) is 18.0 Å². The zero-order chi connectivity index (χ0) is 20.9. The summed E-state index contributed by atoms with van der Waals surface area (Å²) in [5.74, 6) is 0.886. The van der Waals surface area contributed by atoms with E-state index in [4.69, 9.17) is 4.74 Å². The van der Waals surface area contributed by atoms with Crippen LogP contribution in [0.3, 0.4) is 0 Å². The minimum Gasteiger partial charge on any atom is -0.492 e. The average molecular weight is 424 g/mol. The quantitative estimate of drug-likeness (QED) is 0.638. The van der Waals surface area contributed by atoms with E-state index in [1.807, 2.05) is 31.2 Å². The number of thioether (sulfide) groups is 1. The fraction of sp³-hybridized carbons (Fsp3) is 0.381. The molecule has 1 aliphatic heterocycles. The Labute approximate surface area is 172 Å². The minimum absolute atomic E-state index is 0.0647. The van der Waals surface area contributed by atoms with E-state index in [0.717, 1.165) is 35.3 Å². The van der Waals surface area contributed by atoms with Crippen LogP contribution in [-0.2, 0) is 11.0 Å². The van der Waals surface area contributed by atoms with Gasteiger partial charge in [-0.25, -0.2) is 0 Å². The van der Waals surface area contributed by atoms with Crippen LogP contribution in [0.5, 0.6) is 5.75 Å². The van der Waals surface area contributed by atoms with Crippen molar-refractivity contribution in [3.05, 3.63) is 54.1 Å². The topological polar surface area (TPSA) is 32.8 Å². The Bertz CT molecular complexity index is 837. The number of ether oxygens (including phenoxy) is 1. The summed E-state index contributed by atoms with van der Waals surface area (Å²) in [5, 5.41) is 0. The van der Waals surface area contributed by atoms with Gasteiger partial charge in [0.15, 0.2) is 0 Å². The van der Waals surface area contributed by atoms with Crippen LogP contribution < -0.4 is 9.64 Å². The maximum Gasteiger partial charge on any atom is 0.416 e. The van der Waals surface area contributed by atoms with Gasteiger partial charge in [-0.15, -0.1) is 11.8 Å². The molecule has 1 saturated heterocycles. The Morgan fingerprint density at radius 2 is 1.79 bits per heavy atom. The lowest BCUT2D eigenvalue weighted by Crippen LogP contribution is -2.49. The first-order valence-corrected chi connectivity index (χ1v) is 10.4. The predicted molar refractivity (Wildman–Crippen MR) is 109 cm³/mol. The highest BCUT2D eigenvalue weighted by atomic mass is 32.2. The molecular formula is C21H23F3N2O2S. The monoisotopic (exact) mass is 424 g/mol. The fourth-order valence-corrected chi connectivity index (χ4v) is 4.05. The number of anilines is 1. The molecule has 2 aromatic carbocycles. The van der Waals surface area contributed by atoms with Crippen molar-refractivity contribution in [2.75, 3.05) is 43.4 Å². The molecule has 0 aromatic heterocycles. The molecule has 0 N–H and O–H groups in total. The first-order chi connectivity index (χ1) is 13.9. The average Bonchev–Trinajstić information content (AvgIpc) is 2.72. The van der Waals surface area contributed by atoms with Crippen LogP contribution in [0.4, 0.5) is 18.9 Å². The van der Waals surface area contributed by atoms with E-state index in [0.29, 0.717) is 37.7 Å². The van der Waals surface area contributed by atoms with Crippen LogP contribution in [0.25, 0.3) is 0 Å². The number of hydrogen-bond acceptors (Lipinski definition) is 4. The predicted octanol–water partition coefficient (Wildman–Crippen LogP) is 4.55. The highest BCUT2D eigenvalue weighted by molar-refractivity contribution is 8.00. The summed E-state index contributed by atoms with van der Waals surface area (Å²) in [6.45, 7) is 5.04. The van der Waals surface area contributed by atoms with Crippen molar-refractivity contribution in [3.8, 4) is 5.75 Å². The summed E-state index contributed by atoms with van der Waals surface area (Å²) in [6, 6.07) is 12.9. The normalized spacial score (nSPS) is 14.8. The van der Waals surface area contributed by atoms with Crippen molar-refractivity contribution < 1.29 is 22.7 Å². The second-order valence-electron chi connectivity index (χ2n) is 6.58. The van der Waals surface area contributed by atoms with Gasteiger partial charge in [0.05, 0.1) is 23.6 Å². The Morgan fingerprint density at radius 1 is 1.07 bits per heavy atom. The number of benzene rings is 2. The Balaban J connectivity index is 1.53. The molecule has 1 amide bonds. The van der Waals surface area contributed by atoms with Gasteiger partial charge in [-0.1, -0.05) is 18.2 Å². The molecule has 0 bridgehead atoms. The molecule has 2 aromatic rings. The summed E-state index contributed by atoms with van der Waals surface area (Å²) in [4.78, 5) is 16.9. The molecule has 29 heavy (non-hydrogen) atoms. The molecule has 1 heterocycles. The molecule has 1 fully saturated rings. The third kappa shape index (κ3) is 5.59. The van der Waals surface area contributed by atoms with Crippen molar-refractivity contribution >= 4 is 23.4 Å². The van der Waals surface area contributed by atoms with Gasteiger partial charge in [-0.3, -0.25) is 4.79 Å². The van der Waals surface area contributed by atoms with E-state index in [2.05, 4.69) is 4.90 Å². The van der Waals surface area contributed by atoms with E-state index >= 15 is 0 Å². The standard InChI is InChI=1S/C21H23F3N2O2S/c1-2-28-19-9-4-3-8-18(19)25-10-12-26(13-11-25)20(27)15-29-17-7-5-6-16(14-17)21(22,23)24/h3-9,14H,2,10-13,15H2,1H3. The zero-order valence-electron chi connectivity index (χ0n) is 16.1. The summed E-state index contributed by atoms with van der Waals surface area (Å²) in [6.07, 6.45) is -4.38. The number of para-hydroxylation sites is 2. The molecule has 0 radical (unpaired) electrons. The molecule has 3 rings (SSSR count). The van der Waals surface area contributed by atoms with Crippen LogP contribution in [0.2, 0.25) is 0 Å². The number of alkyl halides is 3. The van der Waals surface area contributed by atoms with Gasteiger partial charge in [-0.05, 0) is 37.3 Å². The fourth-order valence-electron chi connectivity index (χ4n) is 3.19. The molecule has 0 unspecified atom stereocenters. The van der Waals surface area contributed by atoms with Crippen molar-refractivity contribution in [2.24, 2.45) is 0 Å². The van der Waals surface area contributed by atoms with Gasteiger partial charge in [0.1, 0.15) is 5.75 Å². The van der Waals surface area contributed by atoms with Crippen molar-refractivity contribution in [2.45, 2.75) is 18.0 Å². The van der Waals surface area contributed by atoms with E-state index < -0.39 is 11.7 Å². The van der Waals surface area contributed by atoms with Crippen LogP contribution in [-0.4, -0.2) is 49.3 Å². The minimum atomic E-state index is -4.38. The SMILES string of the molecule is CCOc1ccccc1N1CCN(C(=O)CSc2cccc(C(F)(F)F)c2)CC1. The number of nitrogens with zero attached hydrogens (tertiary/aromatic N) is 2. The van der Waals surface area contributed by atoms with Crippen LogP contribution in [0.1, 0.15) is 12.5 Å². The number of carbonyl (C=O) groups is 1. The lowest BCUT2D eigenvalue weighted by Gasteiger charge is -2.36. The summed E-state index contributed by atoms with van der Waals surface area (Å²) in [5.41, 5.74) is 0.316. The van der Waals surface area contributed by atoms with Crippen LogP contribution >= 0.6 is 11.8 Å². The highest BCUT2D eigenvalue weighted by Gasteiger charge is 2.30. The summed E-state index contributed by atoms with van der Waals surface area (Å²) < 4.78 is 44.1. The lowest BCUT2D eigenvalue weighted by molar-refractivity contribution is -0.137. The second-order valence-corrected chi connectivity index (χ2v) is 7.63. The molecular weight excluding hydrogens is 401 g/mol. The van der Waals surface area contributed by atoms with Gasteiger partial charge in [0.25, 0.3) is 0 Å². The number of halogens is 3. The third-order valence-corrected chi connectivity index (χ3v) is 5.64. The Kier molecular flexibility index (Phi) is 6.95. The smallest absolute Gasteiger partial charge is 0.416 e. The molecule has 0 spiro atoms. The Morgan fingerprint density at radius 3 is 2.48 bits per heavy atom. The number of amides is 1. The number of hydrogen-bond donors (Lipinski definition) is 0. The zero-order valence-corrected chi connectivity index (χ0v) is 16.9. The van der Waals surface area contributed by atoms with Crippen LogP contribution in [0.15, 0.2) is 53.4 Å². The summed E-state index contributed by atoms with van der Waals surface area (Å²) in [7, 11) is 0. The van der Waals surface area contributed by atoms with E-state index in [1.54, 1.807) is 11.0 Å². The van der Waals surface area contributed by atoms with E-state index in [1.165, 1.54) is 6.07 Å². The third-order valence-electron chi connectivity index (χ3n) is 4.66. The maximum absolute atomic E-state index is 12.8. The maximum atomic E-state index is 12.8. The number of piperazine rings is 1. The number of rotatable bonds is 6. The lowest BCUT2D eigenvalue weighted by atomic mass is 10.2. The van der Waals surface area contributed by atoms with Crippen molar-refractivity contribution in [1.29, 1.82) is 0 Å². The summed E-state index contributed by atoms with van der Waals surface area (Å²) >= 11 is 1.13. The van der Waals surface area contributed by atoms with Gasteiger partial charge in [0.2, 0.25) is 5.91 Å². The van der Waals surface area contributed by atoms with Gasteiger partial charge in [0, 0.05) is 31.1 Å². The largest absolute Gasteiger partial charge is 0.492 e. The Hall–Kier alpha value is -2.35. The van der Waals surface area contributed by atoms with Crippen molar-refractivity contribution in [1.82, 2.24) is 4.90 Å².